The fourth-order valence-electron chi connectivity index (χ4n) is 2.36. The lowest BCUT2D eigenvalue weighted by Gasteiger charge is -2.02. The number of thiophene rings is 1. The maximum atomic E-state index is 12.8. The van der Waals surface area contributed by atoms with Crippen LogP contribution in [0.3, 0.4) is 0 Å². The number of hydrogen-bond donors (Lipinski definition) is 0. The van der Waals surface area contributed by atoms with E-state index in [1.54, 1.807) is 30.4 Å². The highest BCUT2D eigenvalue weighted by atomic mass is 32.1. The van der Waals surface area contributed by atoms with E-state index in [9.17, 15) is 14.9 Å². The Morgan fingerprint density at radius 1 is 0.923 bits per heavy atom. The van der Waals surface area contributed by atoms with Crippen LogP contribution >= 0.6 is 11.3 Å². The zero-order valence-corrected chi connectivity index (χ0v) is 14.6. The molecule has 5 heteroatoms. The van der Waals surface area contributed by atoms with Gasteiger partial charge >= 0.3 is 0 Å². The second kappa shape index (κ2) is 8.18. The number of allylic oxidation sites excluding steroid dienone is 2. The normalized spacial score (nSPS) is 11.6. The molecule has 0 radical (unpaired) electrons. The van der Waals surface area contributed by atoms with Crippen LogP contribution in [0, 0.1) is 10.1 Å². The van der Waals surface area contributed by atoms with Crippen LogP contribution in [0.4, 0.5) is 5.69 Å². The Morgan fingerprint density at radius 3 is 2.27 bits per heavy atom. The van der Waals surface area contributed by atoms with Crippen molar-refractivity contribution < 1.29 is 9.72 Å². The largest absolute Gasteiger partial charge is 0.288 e. The smallest absolute Gasteiger partial charge is 0.269 e. The second-order valence-corrected chi connectivity index (χ2v) is 6.45. The molecule has 0 bridgehead atoms. The van der Waals surface area contributed by atoms with E-state index in [1.807, 2.05) is 47.9 Å². The predicted octanol–water partition coefficient (Wildman–Crippen LogP) is 5.64. The Bertz CT molecular complexity index is 956. The van der Waals surface area contributed by atoms with Crippen molar-refractivity contribution in [2.45, 2.75) is 0 Å². The van der Waals surface area contributed by atoms with E-state index in [2.05, 4.69) is 0 Å². The molecule has 0 amide bonds. The van der Waals surface area contributed by atoms with Crippen molar-refractivity contribution in [3.8, 4) is 0 Å². The monoisotopic (exact) mass is 361 g/mol. The van der Waals surface area contributed by atoms with Crippen molar-refractivity contribution in [2.75, 3.05) is 0 Å². The number of hydrogen-bond acceptors (Lipinski definition) is 4. The molecule has 0 atom stereocenters. The van der Waals surface area contributed by atoms with Gasteiger partial charge in [-0.1, -0.05) is 48.6 Å². The molecule has 0 saturated heterocycles. The summed E-state index contributed by atoms with van der Waals surface area (Å²) < 4.78 is 0. The summed E-state index contributed by atoms with van der Waals surface area (Å²) in [5.74, 6) is -0.0782. The summed E-state index contributed by atoms with van der Waals surface area (Å²) in [5.41, 5.74) is 2.26. The van der Waals surface area contributed by atoms with Crippen LogP contribution < -0.4 is 0 Å². The van der Waals surface area contributed by atoms with Crippen molar-refractivity contribution in [1.29, 1.82) is 0 Å². The Balaban J connectivity index is 1.95. The lowest BCUT2D eigenvalue weighted by Crippen LogP contribution is -1.99. The van der Waals surface area contributed by atoms with E-state index in [1.165, 1.54) is 23.5 Å². The topological polar surface area (TPSA) is 60.2 Å². The third-order valence-electron chi connectivity index (χ3n) is 3.69. The number of carbonyl (C=O) groups is 1. The average molecular weight is 361 g/mol. The number of benzene rings is 2. The molecule has 1 aromatic heterocycles. The first kappa shape index (κ1) is 17.5. The highest BCUT2D eigenvalue weighted by Crippen LogP contribution is 2.20. The lowest BCUT2D eigenvalue weighted by molar-refractivity contribution is -0.384. The Morgan fingerprint density at radius 2 is 1.65 bits per heavy atom. The zero-order valence-electron chi connectivity index (χ0n) is 13.7. The van der Waals surface area contributed by atoms with Crippen LogP contribution in [0.2, 0.25) is 0 Å². The Labute approximate surface area is 154 Å². The van der Waals surface area contributed by atoms with E-state index >= 15 is 0 Å². The van der Waals surface area contributed by atoms with Gasteiger partial charge in [0.2, 0.25) is 5.78 Å². The lowest BCUT2D eigenvalue weighted by atomic mass is 10.0. The summed E-state index contributed by atoms with van der Waals surface area (Å²) >= 11 is 1.38. The number of nitrogens with zero attached hydrogens (tertiary/aromatic N) is 1. The summed E-state index contributed by atoms with van der Waals surface area (Å²) in [5, 5.41) is 12.6. The van der Waals surface area contributed by atoms with Gasteiger partial charge in [0.05, 0.1) is 9.80 Å². The average Bonchev–Trinajstić information content (AvgIpc) is 3.20. The fraction of sp³-hybridized carbons (Fsp3) is 0. The quantitative estimate of drug-likeness (QED) is 0.188. The molecule has 128 valence electrons. The van der Waals surface area contributed by atoms with E-state index in [-0.39, 0.29) is 11.5 Å². The van der Waals surface area contributed by atoms with Crippen molar-refractivity contribution in [3.63, 3.8) is 0 Å². The second-order valence-electron chi connectivity index (χ2n) is 5.50. The number of non-ortho nitro benzene ring substituents is 1. The fourth-order valence-corrected chi connectivity index (χ4v) is 3.05. The summed E-state index contributed by atoms with van der Waals surface area (Å²) in [6, 6.07) is 19.5. The maximum Gasteiger partial charge on any atom is 0.269 e. The predicted molar refractivity (Wildman–Crippen MR) is 105 cm³/mol. The van der Waals surface area contributed by atoms with Gasteiger partial charge in [0.25, 0.3) is 5.69 Å². The standard InChI is InChI=1S/C21H15NO3S/c23-21(20-7-4-14-26-20)18(11-8-16-5-2-1-3-6-16)15-17-9-12-19(13-10-17)22(24)25/h1-15H/b11-8+,18-15?. The van der Waals surface area contributed by atoms with Crippen LogP contribution in [0.5, 0.6) is 0 Å². The van der Waals surface area contributed by atoms with Gasteiger partial charge in [0.15, 0.2) is 0 Å². The molecule has 2 aromatic carbocycles. The first-order valence-corrected chi connectivity index (χ1v) is 8.79. The van der Waals surface area contributed by atoms with Gasteiger partial charge in [-0.3, -0.25) is 14.9 Å². The number of rotatable bonds is 6. The van der Waals surface area contributed by atoms with Gasteiger partial charge in [-0.05, 0) is 40.8 Å². The summed E-state index contributed by atoms with van der Waals surface area (Å²) in [6.07, 6.45) is 5.40. The molecule has 3 aromatic rings. The van der Waals surface area contributed by atoms with Crippen LogP contribution in [0.25, 0.3) is 12.2 Å². The van der Waals surface area contributed by atoms with Crippen LogP contribution in [0.15, 0.2) is 83.8 Å². The molecule has 26 heavy (non-hydrogen) atoms. The molecule has 4 nitrogen and oxygen atoms in total. The molecule has 0 N–H and O–H groups in total. The molecular formula is C21H15NO3S. The summed E-state index contributed by atoms with van der Waals surface area (Å²) in [4.78, 5) is 23.8. The Hall–Kier alpha value is -3.31. The van der Waals surface area contributed by atoms with E-state index < -0.39 is 4.92 Å². The number of carbonyl (C=O) groups excluding carboxylic acids is 1. The molecule has 0 spiro atoms. The molecule has 0 saturated carbocycles. The molecule has 0 aliphatic rings. The minimum atomic E-state index is -0.444. The highest BCUT2D eigenvalue weighted by Gasteiger charge is 2.11. The van der Waals surface area contributed by atoms with Gasteiger partial charge in [0, 0.05) is 17.7 Å². The molecule has 3 rings (SSSR count). The van der Waals surface area contributed by atoms with E-state index in [4.69, 9.17) is 0 Å². The minimum Gasteiger partial charge on any atom is -0.288 e. The zero-order chi connectivity index (χ0) is 18.4. The molecule has 1 heterocycles. The van der Waals surface area contributed by atoms with E-state index in [0.29, 0.717) is 10.5 Å². The molecule has 0 aliphatic carbocycles. The van der Waals surface area contributed by atoms with Gasteiger partial charge in [-0.15, -0.1) is 11.3 Å². The van der Waals surface area contributed by atoms with Gasteiger partial charge in [-0.25, -0.2) is 0 Å². The van der Waals surface area contributed by atoms with E-state index in [0.717, 1.165) is 11.1 Å². The van der Waals surface area contributed by atoms with Crippen molar-refractivity contribution >= 4 is 35.0 Å². The highest BCUT2D eigenvalue weighted by molar-refractivity contribution is 7.12. The minimum absolute atomic E-state index is 0.0214. The SMILES string of the molecule is O=C(C(=Cc1ccc([N+](=O)[O-])cc1)/C=C/c1ccccc1)c1cccs1. The summed E-state index contributed by atoms with van der Waals surface area (Å²) in [6.45, 7) is 0. The molecule has 0 fully saturated rings. The molecule has 0 aliphatic heterocycles. The summed E-state index contributed by atoms with van der Waals surface area (Å²) in [7, 11) is 0. The van der Waals surface area contributed by atoms with Gasteiger partial charge in [0.1, 0.15) is 0 Å². The molecular weight excluding hydrogens is 346 g/mol. The molecule has 0 unspecified atom stereocenters. The van der Waals surface area contributed by atoms with Gasteiger partial charge < -0.3 is 0 Å². The van der Waals surface area contributed by atoms with Crippen LogP contribution in [0.1, 0.15) is 20.8 Å². The van der Waals surface area contributed by atoms with Crippen LogP contribution in [-0.4, -0.2) is 10.7 Å². The van der Waals surface area contributed by atoms with Crippen molar-refractivity contribution in [1.82, 2.24) is 0 Å². The number of Topliss-reactive ketones (excluding diaryl/α,β-unsaturated/α-hetero) is 1. The third kappa shape index (κ3) is 4.40. The number of ketones is 1. The number of nitro benzene ring substituents is 1. The first-order chi connectivity index (χ1) is 12.6. The third-order valence-corrected chi connectivity index (χ3v) is 4.56. The maximum absolute atomic E-state index is 12.8. The first-order valence-electron chi connectivity index (χ1n) is 7.91. The van der Waals surface area contributed by atoms with Crippen LogP contribution in [-0.2, 0) is 0 Å². The Kier molecular flexibility index (Phi) is 5.51. The van der Waals surface area contributed by atoms with Gasteiger partial charge in [-0.2, -0.15) is 0 Å². The van der Waals surface area contributed by atoms with Crippen molar-refractivity contribution in [3.05, 3.63) is 110 Å². The number of nitro groups is 1. The van der Waals surface area contributed by atoms with Crippen molar-refractivity contribution in [2.24, 2.45) is 0 Å².